The highest BCUT2D eigenvalue weighted by molar-refractivity contribution is 7.08. The van der Waals surface area contributed by atoms with E-state index >= 15 is 0 Å². The number of nitrogens with one attached hydrogen (secondary N) is 1. The molecule has 0 radical (unpaired) electrons. The predicted molar refractivity (Wildman–Crippen MR) is 91.8 cm³/mol. The van der Waals surface area contributed by atoms with Crippen LogP contribution in [0.2, 0.25) is 0 Å². The van der Waals surface area contributed by atoms with Crippen LogP contribution in [0.15, 0.2) is 53.2 Å². The molecule has 2 aromatic rings. The highest BCUT2D eigenvalue weighted by Gasteiger charge is 2.32. The van der Waals surface area contributed by atoms with E-state index in [4.69, 9.17) is 0 Å². The molecule has 2 amide bonds. The van der Waals surface area contributed by atoms with Crippen molar-refractivity contribution in [2.45, 2.75) is 19.0 Å². The smallest absolute Gasteiger partial charge is 0.245 e. The Bertz CT molecular complexity index is 695. The molecule has 118 valence electrons. The van der Waals surface area contributed by atoms with Gasteiger partial charge in [-0.25, -0.2) is 0 Å². The summed E-state index contributed by atoms with van der Waals surface area (Å²) >= 11 is 1.58. The molecule has 0 unspecified atom stereocenters. The third-order valence-corrected chi connectivity index (χ3v) is 4.50. The van der Waals surface area contributed by atoms with Crippen molar-refractivity contribution in [3.63, 3.8) is 0 Å². The third-order valence-electron chi connectivity index (χ3n) is 3.80. The van der Waals surface area contributed by atoms with Gasteiger partial charge >= 0.3 is 0 Å². The molecule has 1 aromatic carbocycles. The van der Waals surface area contributed by atoms with Gasteiger partial charge in [-0.3, -0.25) is 9.59 Å². The molecule has 1 aliphatic rings. The lowest BCUT2D eigenvalue weighted by Crippen LogP contribution is -2.40. The van der Waals surface area contributed by atoms with E-state index in [2.05, 4.69) is 5.32 Å². The molecule has 1 fully saturated rings. The topological polar surface area (TPSA) is 49.4 Å². The highest BCUT2D eigenvalue weighted by Crippen LogP contribution is 2.15. The van der Waals surface area contributed by atoms with Gasteiger partial charge in [0.1, 0.15) is 6.04 Å². The molecule has 1 aromatic heterocycles. The first-order valence-electron chi connectivity index (χ1n) is 7.56. The van der Waals surface area contributed by atoms with E-state index in [1.807, 2.05) is 47.2 Å². The summed E-state index contributed by atoms with van der Waals surface area (Å²) in [6.45, 7) is 1.27. The first kappa shape index (κ1) is 15.5. The maximum absolute atomic E-state index is 12.4. The minimum Gasteiger partial charge on any atom is -0.341 e. The van der Waals surface area contributed by atoms with Gasteiger partial charge in [0.25, 0.3) is 0 Å². The van der Waals surface area contributed by atoms with Crippen molar-refractivity contribution < 1.29 is 9.59 Å². The Kier molecular flexibility index (Phi) is 4.88. The van der Waals surface area contributed by atoms with Crippen LogP contribution in [0.4, 0.5) is 0 Å². The van der Waals surface area contributed by atoms with Crippen LogP contribution in [0.3, 0.4) is 0 Å². The quantitative estimate of drug-likeness (QED) is 0.859. The van der Waals surface area contributed by atoms with Crippen LogP contribution < -0.4 is 5.32 Å². The van der Waals surface area contributed by atoms with Crippen LogP contribution in [0.25, 0.3) is 6.08 Å². The minimum absolute atomic E-state index is 0.00821. The van der Waals surface area contributed by atoms with Crippen LogP contribution in [0.5, 0.6) is 0 Å². The fourth-order valence-electron chi connectivity index (χ4n) is 2.60. The summed E-state index contributed by atoms with van der Waals surface area (Å²) in [6, 6.07) is 11.4. The number of hydrogen-bond acceptors (Lipinski definition) is 3. The number of carbonyl (C=O) groups excluding carboxylic acids is 2. The van der Waals surface area contributed by atoms with Gasteiger partial charge in [0.15, 0.2) is 0 Å². The largest absolute Gasteiger partial charge is 0.341 e. The molecule has 1 atom stereocenters. The zero-order valence-electron chi connectivity index (χ0n) is 12.6. The van der Waals surface area contributed by atoms with Gasteiger partial charge in [-0.05, 0) is 40.5 Å². The normalized spacial score (nSPS) is 17.8. The third kappa shape index (κ3) is 4.07. The SMILES string of the molecule is O=C(/C=C/c1ccsc1)N[C@H]1CCN(Cc2ccccc2)C1=O. The summed E-state index contributed by atoms with van der Waals surface area (Å²) in [5.74, 6) is -0.234. The number of rotatable bonds is 5. The summed E-state index contributed by atoms with van der Waals surface area (Å²) in [5, 5.41) is 6.72. The second-order valence-electron chi connectivity index (χ2n) is 5.49. The fraction of sp³-hybridized carbons (Fsp3) is 0.222. The Labute approximate surface area is 139 Å². The molecule has 0 spiro atoms. The molecule has 1 aliphatic heterocycles. The van der Waals surface area contributed by atoms with E-state index in [0.29, 0.717) is 19.5 Å². The summed E-state index contributed by atoms with van der Waals surface area (Å²) < 4.78 is 0. The van der Waals surface area contributed by atoms with Gasteiger partial charge in [-0.2, -0.15) is 11.3 Å². The van der Waals surface area contributed by atoms with Gasteiger partial charge in [0, 0.05) is 19.2 Å². The number of benzene rings is 1. The number of carbonyl (C=O) groups is 2. The van der Waals surface area contributed by atoms with Gasteiger partial charge in [-0.15, -0.1) is 0 Å². The molecule has 0 bridgehead atoms. The molecule has 1 saturated heterocycles. The molecule has 0 aliphatic carbocycles. The lowest BCUT2D eigenvalue weighted by Gasteiger charge is -2.16. The van der Waals surface area contributed by atoms with Crippen molar-refractivity contribution in [1.82, 2.24) is 10.2 Å². The monoisotopic (exact) mass is 326 g/mol. The van der Waals surface area contributed by atoms with Crippen LogP contribution in [0.1, 0.15) is 17.5 Å². The zero-order valence-corrected chi connectivity index (χ0v) is 13.5. The van der Waals surface area contributed by atoms with E-state index in [-0.39, 0.29) is 11.8 Å². The standard InChI is InChI=1S/C18H18N2O2S/c21-17(7-6-15-9-11-23-13-15)19-16-8-10-20(18(16)22)12-14-4-2-1-3-5-14/h1-7,9,11,13,16H,8,10,12H2,(H,19,21)/b7-6+/t16-/m0/s1. The molecule has 3 rings (SSSR count). The molecule has 23 heavy (non-hydrogen) atoms. The molecular weight excluding hydrogens is 308 g/mol. The molecular formula is C18H18N2O2S. The lowest BCUT2D eigenvalue weighted by molar-refractivity contribution is -0.132. The van der Waals surface area contributed by atoms with Crippen molar-refractivity contribution in [3.8, 4) is 0 Å². The molecule has 0 saturated carbocycles. The van der Waals surface area contributed by atoms with Gasteiger partial charge < -0.3 is 10.2 Å². The van der Waals surface area contributed by atoms with Gasteiger partial charge in [0.05, 0.1) is 0 Å². The van der Waals surface area contributed by atoms with Crippen LogP contribution >= 0.6 is 11.3 Å². The first-order valence-corrected chi connectivity index (χ1v) is 8.50. The Morgan fingerprint density at radius 1 is 1.30 bits per heavy atom. The second kappa shape index (κ2) is 7.24. The van der Waals surface area contributed by atoms with Crippen molar-refractivity contribution in [2.75, 3.05) is 6.54 Å². The molecule has 2 heterocycles. The predicted octanol–water partition coefficient (Wildman–Crippen LogP) is 2.68. The Morgan fingerprint density at radius 3 is 2.87 bits per heavy atom. The molecule has 1 N–H and O–H groups in total. The summed E-state index contributed by atoms with van der Waals surface area (Å²) in [6.07, 6.45) is 3.89. The lowest BCUT2D eigenvalue weighted by atomic mass is 10.2. The summed E-state index contributed by atoms with van der Waals surface area (Å²) in [7, 11) is 0. The molecule has 4 nitrogen and oxygen atoms in total. The average molecular weight is 326 g/mol. The van der Waals surface area contributed by atoms with E-state index in [1.165, 1.54) is 6.08 Å². The van der Waals surface area contributed by atoms with E-state index in [0.717, 1.165) is 11.1 Å². The van der Waals surface area contributed by atoms with Gasteiger partial charge in [-0.1, -0.05) is 30.3 Å². The summed E-state index contributed by atoms with van der Waals surface area (Å²) in [5.41, 5.74) is 2.10. The number of thiophene rings is 1. The number of nitrogens with zero attached hydrogens (tertiary/aromatic N) is 1. The highest BCUT2D eigenvalue weighted by atomic mass is 32.1. The number of hydrogen-bond donors (Lipinski definition) is 1. The van der Waals surface area contributed by atoms with Crippen LogP contribution in [-0.4, -0.2) is 29.3 Å². The van der Waals surface area contributed by atoms with Crippen molar-refractivity contribution in [3.05, 3.63) is 64.4 Å². The maximum atomic E-state index is 12.4. The fourth-order valence-corrected chi connectivity index (χ4v) is 3.22. The zero-order chi connectivity index (χ0) is 16.1. The first-order chi connectivity index (χ1) is 11.2. The maximum Gasteiger partial charge on any atom is 0.245 e. The van der Waals surface area contributed by atoms with Crippen molar-refractivity contribution in [2.24, 2.45) is 0 Å². The second-order valence-corrected chi connectivity index (χ2v) is 6.27. The van der Waals surface area contributed by atoms with E-state index in [9.17, 15) is 9.59 Å². The average Bonchev–Trinajstić information content (AvgIpc) is 3.19. The van der Waals surface area contributed by atoms with Crippen LogP contribution in [-0.2, 0) is 16.1 Å². The van der Waals surface area contributed by atoms with E-state index in [1.54, 1.807) is 22.3 Å². The van der Waals surface area contributed by atoms with Gasteiger partial charge in [0.2, 0.25) is 11.8 Å². The Hall–Kier alpha value is -2.40. The van der Waals surface area contributed by atoms with Crippen LogP contribution in [0, 0.1) is 0 Å². The Morgan fingerprint density at radius 2 is 2.13 bits per heavy atom. The van der Waals surface area contributed by atoms with Crippen molar-refractivity contribution >= 4 is 29.2 Å². The minimum atomic E-state index is -0.418. The number of amides is 2. The summed E-state index contributed by atoms with van der Waals surface area (Å²) in [4.78, 5) is 26.1. The number of likely N-dealkylation sites (tertiary alicyclic amines) is 1. The Balaban J connectivity index is 1.53. The molecule has 5 heteroatoms. The van der Waals surface area contributed by atoms with E-state index < -0.39 is 6.04 Å². The van der Waals surface area contributed by atoms with Crippen molar-refractivity contribution in [1.29, 1.82) is 0 Å².